The zero-order valence-corrected chi connectivity index (χ0v) is 20.1. The Labute approximate surface area is 191 Å². The van der Waals surface area contributed by atoms with Gasteiger partial charge < -0.3 is 19.7 Å². The van der Waals surface area contributed by atoms with Gasteiger partial charge in [0.15, 0.2) is 0 Å². The quantitative estimate of drug-likeness (QED) is 0.416. The number of hydrogen-bond acceptors (Lipinski definition) is 4. The maximum Gasteiger partial charge on any atom is 0.103 e. The number of nitrogens with one attached hydrogen (secondary N) is 1. The third-order valence-electron chi connectivity index (χ3n) is 7.04. The van der Waals surface area contributed by atoms with Crippen LogP contribution in [0.1, 0.15) is 70.6 Å². The van der Waals surface area contributed by atoms with Gasteiger partial charge in [0, 0.05) is 34.7 Å². The Kier molecular flexibility index (Phi) is 8.61. The van der Waals surface area contributed by atoms with Gasteiger partial charge in [0.25, 0.3) is 0 Å². The van der Waals surface area contributed by atoms with Crippen molar-refractivity contribution in [3.63, 3.8) is 0 Å². The van der Waals surface area contributed by atoms with E-state index in [1.807, 2.05) is 0 Å². The van der Waals surface area contributed by atoms with Gasteiger partial charge in [0.1, 0.15) is 5.76 Å². The first kappa shape index (κ1) is 21.9. The fourth-order valence-corrected chi connectivity index (χ4v) is 5.96. The predicted molar refractivity (Wildman–Crippen MR) is 127 cm³/mol. The van der Waals surface area contributed by atoms with Crippen LogP contribution in [0.4, 0.5) is 0 Å². The molecule has 4 rings (SSSR count). The van der Waals surface area contributed by atoms with E-state index in [2.05, 4.69) is 45.0 Å². The lowest BCUT2D eigenvalue weighted by Gasteiger charge is -2.38. The molecule has 4 aliphatic rings. The van der Waals surface area contributed by atoms with Crippen LogP contribution in [0.3, 0.4) is 0 Å². The number of morpholine rings is 1. The molecule has 1 N–H and O–H groups in total. The van der Waals surface area contributed by atoms with Crippen molar-refractivity contribution in [2.75, 3.05) is 32.8 Å². The Morgan fingerprint density at radius 1 is 0.931 bits per heavy atom. The molecule has 2 unspecified atom stereocenters. The van der Waals surface area contributed by atoms with Crippen LogP contribution in [0.2, 0.25) is 0 Å². The Morgan fingerprint density at radius 2 is 1.66 bits per heavy atom. The molecule has 5 heteroatoms. The Morgan fingerprint density at radius 3 is 2.45 bits per heavy atom. The lowest BCUT2D eigenvalue weighted by molar-refractivity contribution is 0.0467. The summed E-state index contributed by atoms with van der Waals surface area (Å²) >= 11 is 2.61. The molecule has 0 spiro atoms. The summed E-state index contributed by atoms with van der Waals surface area (Å²) in [6.07, 6.45) is 19.7. The maximum atomic E-state index is 6.79. The number of ether oxygens (including phenoxy) is 2. The molecular weight excluding hydrogens is 475 g/mol. The largest absolute Gasteiger partial charge is 0.494 e. The second kappa shape index (κ2) is 11.4. The number of rotatable bonds is 3. The van der Waals surface area contributed by atoms with Gasteiger partial charge >= 0.3 is 0 Å². The normalized spacial score (nSPS) is 35.0. The summed E-state index contributed by atoms with van der Waals surface area (Å²) in [5, 5.41) is 3.91. The molecule has 0 aromatic heterocycles. The summed E-state index contributed by atoms with van der Waals surface area (Å²) in [5.41, 5.74) is 1.36. The average Bonchev–Trinajstić information content (AvgIpc) is 2.81. The molecule has 4 nitrogen and oxygen atoms in total. The molecule has 2 saturated heterocycles. The van der Waals surface area contributed by atoms with E-state index in [0.29, 0.717) is 18.1 Å². The van der Waals surface area contributed by atoms with Crippen LogP contribution in [0.25, 0.3) is 0 Å². The first-order chi connectivity index (χ1) is 14.3. The highest BCUT2D eigenvalue weighted by atomic mass is 127. The van der Waals surface area contributed by atoms with Crippen LogP contribution >= 0.6 is 22.6 Å². The van der Waals surface area contributed by atoms with Gasteiger partial charge in [-0.1, -0.05) is 54.7 Å². The van der Waals surface area contributed by atoms with E-state index in [1.165, 1.54) is 82.1 Å². The lowest BCUT2D eigenvalue weighted by Crippen LogP contribution is -2.43. The number of allylic oxidation sites excluding steroid dienone is 1. The van der Waals surface area contributed by atoms with E-state index < -0.39 is 0 Å². The van der Waals surface area contributed by atoms with E-state index in [1.54, 1.807) is 0 Å². The lowest BCUT2D eigenvalue weighted by atomic mass is 9.86. The number of nitrogens with zero attached hydrogens (tertiary/aromatic N) is 1. The molecule has 0 bridgehead atoms. The van der Waals surface area contributed by atoms with Crippen LogP contribution in [0.5, 0.6) is 0 Å². The van der Waals surface area contributed by atoms with Crippen molar-refractivity contribution in [3.8, 4) is 0 Å². The molecular formula is C24H39IN2O2. The molecule has 29 heavy (non-hydrogen) atoms. The molecule has 2 atom stereocenters. The Balaban J connectivity index is 1.52. The minimum Gasteiger partial charge on any atom is -0.494 e. The molecule has 0 amide bonds. The van der Waals surface area contributed by atoms with Gasteiger partial charge in [-0.25, -0.2) is 0 Å². The second-order valence-electron chi connectivity index (χ2n) is 9.23. The van der Waals surface area contributed by atoms with Crippen molar-refractivity contribution in [2.45, 2.75) is 86.7 Å². The standard InChI is InChI=1S/C24H39IN2O2/c25-19-8-10-21(11-9-19)29-24-18-20(27-13-15-28-16-14-27)17-23-22(24)7-5-3-1-2-4-6-12-26-23/h17-19,21-23,26H,1-16H2/t19-,21+,22?,23?. The van der Waals surface area contributed by atoms with Gasteiger partial charge in [-0.3, -0.25) is 0 Å². The van der Waals surface area contributed by atoms with E-state index in [0.717, 1.165) is 36.8 Å². The molecule has 3 fully saturated rings. The summed E-state index contributed by atoms with van der Waals surface area (Å²) in [7, 11) is 0. The van der Waals surface area contributed by atoms with Gasteiger partial charge in [-0.2, -0.15) is 0 Å². The molecule has 2 aliphatic heterocycles. The van der Waals surface area contributed by atoms with Crippen LogP contribution in [0, 0.1) is 5.92 Å². The summed E-state index contributed by atoms with van der Waals surface area (Å²) < 4.78 is 13.2. The molecule has 0 radical (unpaired) electrons. The first-order valence-corrected chi connectivity index (χ1v) is 13.3. The highest BCUT2D eigenvalue weighted by molar-refractivity contribution is 14.1. The summed E-state index contributed by atoms with van der Waals surface area (Å²) in [5.74, 6) is 1.76. The number of halogens is 1. The number of alkyl halides is 1. The fourth-order valence-electron chi connectivity index (χ4n) is 5.24. The highest BCUT2D eigenvalue weighted by Crippen LogP contribution is 2.35. The van der Waals surface area contributed by atoms with E-state index in [-0.39, 0.29) is 0 Å². The third kappa shape index (κ3) is 6.36. The zero-order chi connectivity index (χ0) is 19.9. The van der Waals surface area contributed by atoms with Crippen molar-refractivity contribution in [2.24, 2.45) is 5.92 Å². The summed E-state index contributed by atoms with van der Waals surface area (Å²) in [6.45, 7) is 4.78. The van der Waals surface area contributed by atoms with Crippen molar-refractivity contribution in [3.05, 3.63) is 23.6 Å². The van der Waals surface area contributed by atoms with Crippen LogP contribution in [0.15, 0.2) is 23.6 Å². The van der Waals surface area contributed by atoms with Crippen molar-refractivity contribution >= 4 is 22.6 Å². The molecule has 0 aromatic carbocycles. The van der Waals surface area contributed by atoms with Crippen LogP contribution in [-0.4, -0.2) is 53.8 Å². The maximum absolute atomic E-state index is 6.79. The van der Waals surface area contributed by atoms with Gasteiger partial charge in [-0.05, 0) is 57.2 Å². The van der Waals surface area contributed by atoms with Crippen LogP contribution < -0.4 is 5.32 Å². The van der Waals surface area contributed by atoms with Gasteiger partial charge in [0.05, 0.1) is 19.3 Å². The van der Waals surface area contributed by atoms with Gasteiger partial charge in [0.2, 0.25) is 0 Å². The molecule has 2 aliphatic carbocycles. The van der Waals surface area contributed by atoms with Gasteiger partial charge in [-0.15, -0.1) is 0 Å². The third-order valence-corrected chi connectivity index (χ3v) is 8.29. The van der Waals surface area contributed by atoms with Crippen molar-refractivity contribution < 1.29 is 9.47 Å². The molecule has 1 saturated carbocycles. The summed E-state index contributed by atoms with van der Waals surface area (Å²) in [6, 6.07) is 0.409. The topological polar surface area (TPSA) is 33.7 Å². The monoisotopic (exact) mass is 514 g/mol. The van der Waals surface area contributed by atoms with Crippen molar-refractivity contribution in [1.82, 2.24) is 10.2 Å². The minimum atomic E-state index is 0.409. The second-order valence-corrected chi connectivity index (χ2v) is 11.0. The fraction of sp³-hybridized carbons (Fsp3) is 0.833. The summed E-state index contributed by atoms with van der Waals surface area (Å²) in [4.78, 5) is 2.50. The Bertz CT molecular complexity index is 565. The zero-order valence-electron chi connectivity index (χ0n) is 17.9. The average molecular weight is 514 g/mol. The number of fused-ring (bicyclic) bond motifs is 1. The molecule has 0 aromatic rings. The van der Waals surface area contributed by atoms with E-state index in [4.69, 9.17) is 9.47 Å². The smallest absolute Gasteiger partial charge is 0.103 e. The molecule has 164 valence electrons. The highest BCUT2D eigenvalue weighted by Gasteiger charge is 2.32. The van der Waals surface area contributed by atoms with E-state index >= 15 is 0 Å². The predicted octanol–water partition coefficient (Wildman–Crippen LogP) is 5.18. The van der Waals surface area contributed by atoms with E-state index in [9.17, 15) is 0 Å². The minimum absolute atomic E-state index is 0.409. The van der Waals surface area contributed by atoms with Crippen molar-refractivity contribution in [1.29, 1.82) is 0 Å². The molecule has 2 heterocycles. The Hall–Kier alpha value is -0.270. The van der Waals surface area contributed by atoms with Crippen LogP contribution in [-0.2, 0) is 9.47 Å². The number of hydrogen-bond donors (Lipinski definition) is 1. The SMILES string of the molecule is I[C@H]1CC[C@@H](OC2=CC(N3CCOCC3)=CC3NCCCCCCCCC23)CC1. The first-order valence-electron chi connectivity index (χ1n) is 12.1.